The van der Waals surface area contributed by atoms with Gasteiger partial charge in [-0.1, -0.05) is 18.5 Å². The summed E-state index contributed by atoms with van der Waals surface area (Å²) < 4.78 is 4.90. The zero-order valence-corrected chi connectivity index (χ0v) is 9.58. The molecule has 1 aromatic rings. The quantitative estimate of drug-likeness (QED) is 0.794. The van der Waals surface area contributed by atoms with Gasteiger partial charge in [-0.25, -0.2) is 4.98 Å². The monoisotopic (exact) mass is 230 g/mol. The van der Waals surface area contributed by atoms with Crippen LogP contribution in [0.5, 0.6) is 6.01 Å². The molecule has 1 atom stereocenters. The van der Waals surface area contributed by atoms with E-state index in [0.29, 0.717) is 29.3 Å². The molecule has 6 heteroatoms. The molecule has 1 unspecified atom stereocenters. The van der Waals surface area contributed by atoms with Crippen LogP contribution in [0.2, 0.25) is 5.02 Å². The van der Waals surface area contributed by atoms with E-state index in [0.717, 1.165) is 6.54 Å². The highest BCUT2D eigenvalue weighted by molar-refractivity contribution is 6.32. The van der Waals surface area contributed by atoms with Gasteiger partial charge in [0.2, 0.25) is 0 Å². The van der Waals surface area contributed by atoms with Crippen molar-refractivity contribution in [2.45, 2.75) is 6.92 Å². The number of nitrogens with zero attached hydrogens (tertiary/aromatic N) is 2. The van der Waals surface area contributed by atoms with E-state index in [-0.39, 0.29) is 0 Å². The topological polar surface area (TPSA) is 73.1 Å². The number of rotatable bonds is 5. The number of hydrogen-bond donors (Lipinski definition) is 2. The normalized spacial score (nSPS) is 12.3. The lowest BCUT2D eigenvalue weighted by Crippen LogP contribution is -2.20. The van der Waals surface area contributed by atoms with Gasteiger partial charge in [-0.3, -0.25) is 0 Å². The predicted octanol–water partition coefficient (Wildman–Crippen LogP) is 1.15. The summed E-state index contributed by atoms with van der Waals surface area (Å²) in [6.07, 6.45) is 1.50. The van der Waals surface area contributed by atoms with Gasteiger partial charge in [0.1, 0.15) is 5.02 Å². The summed E-state index contributed by atoms with van der Waals surface area (Å²) in [6.45, 7) is 3.38. The molecule has 84 valence electrons. The van der Waals surface area contributed by atoms with Crippen LogP contribution in [0, 0.1) is 5.92 Å². The van der Waals surface area contributed by atoms with Crippen LogP contribution in [0.1, 0.15) is 6.92 Å². The molecule has 0 aliphatic rings. The van der Waals surface area contributed by atoms with Crippen LogP contribution < -0.4 is 15.8 Å². The molecule has 0 fully saturated rings. The van der Waals surface area contributed by atoms with E-state index < -0.39 is 0 Å². The van der Waals surface area contributed by atoms with Crippen molar-refractivity contribution in [3.8, 4) is 6.01 Å². The zero-order valence-electron chi connectivity index (χ0n) is 8.83. The Hall–Kier alpha value is -1.07. The van der Waals surface area contributed by atoms with Gasteiger partial charge in [0.25, 0.3) is 0 Å². The highest BCUT2D eigenvalue weighted by atomic mass is 35.5. The fraction of sp³-hybridized carbons (Fsp3) is 0.556. The van der Waals surface area contributed by atoms with Gasteiger partial charge in [0, 0.05) is 6.54 Å². The molecule has 15 heavy (non-hydrogen) atoms. The Balaban J connectivity index is 2.66. The second-order valence-electron chi connectivity index (χ2n) is 3.28. The summed E-state index contributed by atoms with van der Waals surface area (Å²) in [5.41, 5.74) is 5.50. The predicted molar refractivity (Wildman–Crippen MR) is 60.3 cm³/mol. The SMILES string of the molecule is COc1ncc(Cl)c(NCC(C)CN)n1. The van der Waals surface area contributed by atoms with Gasteiger partial charge in [-0.2, -0.15) is 4.98 Å². The first-order chi connectivity index (χ1) is 7.17. The molecule has 1 aromatic heterocycles. The highest BCUT2D eigenvalue weighted by Crippen LogP contribution is 2.20. The lowest BCUT2D eigenvalue weighted by molar-refractivity contribution is 0.380. The van der Waals surface area contributed by atoms with Crippen molar-refractivity contribution in [1.82, 2.24) is 9.97 Å². The van der Waals surface area contributed by atoms with E-state index in [1.807, 2.05) is 6.92 Å². The third kappa shape index (κ3) is 3.53. The molecule has 0 aliphatic carbocycles. The number of anilines is 1. The average Bonchev–Trinajstić information content (AvgIpc) is 2.27. The molecular weight excluding hydrogens is 216 g/mol. The minimum Gasteiger partial charge on any atom is -0.467 e. The molecule has 0 bridgehead atoms. The summed E-state index contributed by atoms with van der Waals surface area (Å²) in [4.78, 5) is 7.95. The minimum absolute atomic E-state index is 0.294. The molecule has 3 N–H and O–H groups in total. The molecular formula is C9H15ClN4O. The Morgan fingerprint density at radius 1 is 1.67 bits per heavy atom. The van der Waals surface area contributed by atoms with E-state index >= 15 is 0 Å². The van der Waals surface area contributed by atoms with E-state index in [9.17, 15) is 0 Å². The summed E-state index contributed by atoms with van der Waals surface area (Å²) in [5.74, 6) is 0.936. The smallest absolute Gasteiger partial charge is 0.318 e. The Morgan fingerprint density at radius 2 is 2.40 bits per heavy atom. The molecule has 5 nitrogen and oxygen atoms in total. The Labute approximate surface area is 94.0 Å². The van der Waals surface area contributed by atoms with Crippen molar-refractivity contribution in [1.29, 1.82) is 0 Å². The zero-order chi connectivity index (χ0) is 11.3. The number of ether oxygens (including phenoxy) is 1. The number of nitrogens with one attached hydrogen (secondary N) is 1. The van der Waals surface area contributed by atoms with E-state index in [1.54, 1.807) is 0 Å². The first-order valence-electron chi connectivity index (χ1n) is 4.67. The maximum absolute atomic E-state index is 5.91. The van der Waals surface area contributed by atoms with Crippen molar-refractivity contribution in [3.63, 3.8) is 0 Å². The van der Waals surface area contributed by atoms with Crippen molar-refractivity contribution >= 4 is 17.4 Å². The summed E-state index contributed by atoms with van der Waals surface area (Å²) >= 11 is 5.91. The number of nitrogens with two attached hydrogens (primary N) is 1. The highest BCUT2D eigenvalue weighted by Gasteiger charge is 2.06. The number of hydrogen-bond acceptors (Lipinski definition) is 5. The van der Waals surface area contributed by atoms with Gasteiger partial charge >= 0.3 is 6.01 Å². The first-order valence-corrected chi connectivity index (χ1v) is 5.05. The van der Waals surface area contributed by atoms with E-state index in [2.05, 4.69) is 15.3 Å². The van der Waals surface area contributed by atoms with Crippen molar-refractivity contribution < 1.29 is 4.74 Å². The van der Waals surface area contributed by atoms with Crippen LogP contribution >= 0.6 is 11.6 Å². The Kier molecular flexibility index (Phi) is 4.58. The van der Waals surface area contributed by atoms with Crippen molar-refractivity contribution in [2.24, 2.45) is 11.7 Å². The molecule has 0 amide bonds. The number of methoxy groups -OCH3 is 1. The molecule has 0 saturated heterocycles. The first kappa shape index (κ1) is 12.0. The van der Waals surface area contributed by atoms with Crippen LogP contribution in [0.3, 0.4) is 0 Å². The summed E-state index contributed by atoms with van der Waals surface area (Å²) in [6, 6.07) is 0.294. The van der Waals surface area contributed by atoms with Crippen molar-refractivity contribution in [3.05, 3.63) is 11.2 Å². The van der Waals surface area contributed by atoms with Crippen LogP contribution in [-0.2, 0) is 0 Å². The molecule has 1 rings (SSSR count). The summed E-state index contributed by atoms with van der Waals surface area (Å²) in [7, 11) is 1.51. The largest absolute Gasteiger partial charge is 0.467 e. The maximum atomic E-state index is 5.91. The lowest BCUT2D eigenvalue weighted by Gasteiger charge is -2.11. The second-order valence-corrected chi connectivity index (χ2v) is 3.68. The fourth-order valence-corrected chi connectivity index (χ4v) is 1.09. The minimum atomic E-state index is 0.294. The molecule has 0 spiro atoms. The van der Waals surface area contributed by atoms with Gasteiger partial charge in [-0.15, -0.1) is 0 Å². The molecule has 0 aromatic carbocycles. The third-order valence-corrected chi connectivity index (χ3v) is 2.20. The van der Waals surface area contributed by atoms with Crippen LogP contribution in [0.25, 0.3) is 0 Å². The third-order valence-electron chi connectivity index (χ3n) is 1.92. The van der Waals surface area contributed by atoms with E-state index in [4.69, 9.17) is 22.1 Å². The van der Waals surface area contributed by atoms with Crippen LogP contribution in [-0.4, -0.2) is 30.2 Å². The van der Waals surface area contributed by atoms with Crippen LogP contribution in [0.4, 0.5) is 5.82 Å². The second kappa shape index (κ2) is 5.72. The summed E-state index contributed by atoms with van der Waals surface area (Å²) in [5, 5.41) is 3.57. The lowest BCUT2D eigenvalue weighted by atomic mass is 10.2. The number of aromatic nitrogens is 2. The fourth-order valence-electron chi connectivity index (χ4n) is 0.928. The van der Waals surface area contributed by atoms with Gasteiger partial charge in [-0.05, 0) is 12.5 Å². The Bertz CT molecular complexity index is 321. The number of halogens is 1. The molecule has 0 saturated carbocycles. The van der Waals surface area contributed by atoms with Crippen molar-refractivity contribution in [2.75, 3.05) is 25.5 Å². The molecule has 0 radical (unpaired) electrons. The molecule has 1 heterocycles. The van der Waals surface area contributed by atoms with Gasteiger partial charge in [0.05, 0.1) is 13.3 Å². The van der Waals surface area contributed by atoms with E-state index in [1.165, 1.54) is 13.3 Å². The average molecular weight is 231 g/mol. The standard InChI is InChI=1S/C9H15ClN4O/c1-6(3-11)4-12-8-7(10)5-13-9(14-8)15-2/h5-6H,3-4,11H2,1-2H3,(H,12,13,14). The Morgan fingerprint density at radius 3 is 3.00 bits per heavy atom. The van der Waals surface area contributed by atoms with Gasteiger partial charge in [0.15, 0.2) is 5.82 Å². The van der Waals surface area contributed by atoms with Crippen LogP contribution in [0.15, 0.2) is 6.20 Å². The maximum Gasteiger partial charge on any atom is 0.318 e. The molecule has 0 aliphatic heterocycles. The van der Waals surface area contributed by atoms with Gasteiger partial charge < -0.3 is 15.8 Å².